The van der Waals surface area contributed by atoms with Crippen molar-refractivity contribution in [2.24, 2.45) is 0 Å². The summed E-state index contributed by atoms with van der Waals surface area (Å²) in [4.78, 5) is 20.8. The monoisotopic (exact) mass is 311 g/mol. The number of ether oxygens (including phenoxy) is 1. The van der Waals surface area contributed by atoms with Crippen LogP contribution >= 0.6 is 0 Å². The van der Waals surface area contributed by atoms with Crippen LogP contribution in [0.2, 0.25) is 0 Å². The molecule has 5 heteroatoms. The van der Waals surface area contributed by atoms with Gasteiger partial charge in [-0.3, -0.25) is 4.79 Å². The van der Waals surface area contributed by atoms with E-state index in [1.165, 1.54) is 11.1 Å². The Kier molecular flexibility index (Phi) is 4.55. The molecular weight excluding hydrogens is 290 g/mol. The van der Waals surface area contributed by atoms with Gasteiger partial charge in [-0.15, -0.1) is 0 Å². The largest absolute Gasteiger partial charge is 0.497 e. The molecule has 0 saturated heterocycles. The van der Waals surface area contributed by atoms with Crippen LogP contribution in [-0.2, 0) is 12.8 Å². The predicted octanol–water partition coefficient (Wildman–Crippen LogP) is 2.86. The molecule has 0 aliphatic heterocycles. The van der Waals surface area contributed by atoms with Crippen LogP contribution in [-0.4, -0.2) is 23.0 Å². The van der Waals surface area contributed by atoms with E-state index in [-0.39, 0.29) is 11.9 Å². The fourth-order valence-electron chi connectivity index (χ4n) is 2.96. The summed E-state index contributed by atoms with van der Waals surface area (Å²) in [6.07, 6.45) is 6.97. The van der Waals surface area contributed by atoms with Crippen LogP contribution in [0.4, 0.5) is 0 Å². The molecule has 1 aliphatic carbocycles. The third-order valence-electron chi connectivity index (χ3n) is 4.25. The first-order chi connectivity index (χ1) is 11.2. The maximum Gasteiger partial charge on any atom is 0.254 e. The second kappa shape index (κ2) is 6.77. The van der Waals surface area contributed by atoms with Crippen molar-refractivity contribution in [3.8, 4) is 5.75 Å². The van der Waals surface area contributed by atoms with Crippen molar-refractivity contribution in [2.45, 2.75) is 38.6 Å². The van der Waals surface area contributed by atoms with E-state index in [0.717, 1.165) is 37.3 Å². The van der Waals surface area contributed by atoms with Crippen molar-refractivity contribution in [2.75, 3.05) is 7.11 Å². The molecule has 1 aliphatic rings. The summed E-state index contributed by atoms with van der Waals surface area (Å²) in [5.41, 5.74) is 2.93. The molecule has 0 bridgehead atoms. The Labute approximate surface area is 136 Å². The van der Waals surface area contributed by atoms with Gasteiger partial charge in [-0.05, 0) is 42.5 Å². The molecule has 1 N–H and O–H groups in total. The number of benzene rings is 1. The van der Waals surface area contributed by atoms with E-state index in [1.807, 2.05) is 13.0 Å². The number of methoxy groups -OCH3 is 1. The van der Waals surface area contributed by atoms with Gasteiger partial charge in [-0.25, -0.2) is 9.97 Å². The lowest BCUT2D eigenvalue weighted by atomic mass is 9.87. The highest BCUT2D eigenvalue weighted by atomic mass is 16.5. The maximum atomic E-state index is 12.4. The van der Waals surface area contributed by atoms with E-state index in [2.05, 4.69) is 27.4 Å². The third-order valence-corrected chi connectivity index (χ3v) is 4.25. The van der Waals surface area contributed by atoms with Gasteiger partial charge in [-0.1, -0.05) is 13.0 Å². The number of aromatic nitrogens is 2. The van der Waals surface area contributed by atoms with Gasteiger partial charge in [0.1, 0.15) is 11.6 Å². The quantitative estimate of drug-likeness (QED) is 0.943. The molecule has 23 heavy (non-hydrogen) atoms. The number of amides is 1. The highest BCUT2D eigenvalue weighted by Gasteiger charge is 2.23. The second-order valence-corrected chi connectivity index (χ2v) is 5.72. The van der Waals surface area contributed by atoms with Crippen LogP contribution in [0.15, 0.2) is 30.6 Å². The van der Waals surface area contributed by atoms with Gasteiger partial charge in [0.05, 0.1) is 18.7 Å². The zero-order valence-corrected chi connectivity index (χ0v) is 13.5. The highest BCUT2D eigenvalue weighted by Crippen LogP contribution is 2.32. The third kappa shape index (κ3) is 3.33. The van der Waals surface area contributed by atoms with E-state index in [9.17, 15) is 4.79 Å². The Balaban J connectivity index is 1.77. The molecule has 3 rings (SSSR count). The first kappa shape index (κ1) is 15.5. The number of hydrogen-bond acceptors (Lipinski definition) is 4. The fourth-order valence-corrected chi connectivity index (χ4v) is 2.96. The van der Waals surface area contributed by atoms with Crippen molar-refractivity contribution < 1.29 is 9.53 Å². The lowest BCUT2D eigenvalue weighted by Gasteiger charge is -2.26. The van der Waals surface area contributed by atoms with Crippen molar-refractivity contribution >= 4 is 5.91 Å². The van der Waals surface area contributed by atoms with Gasteiger partial charge in [0.25, 0.3) is 5.91 Å². The smallest absolute Gasteiger partial charge is 0.254 e. The van der Waals surface area contributed by atoms with Gasteiger partial charge < -0.3 is 10.1 Å². The van der Waals surface area contributed by atoms with Crippen molar-refractivity contribution in [1.82, 2.24) is 15.3 Å². The Morgan fingerprint density at radius 3 is 2.83 bits per heavy atom. The summed E-state index contributed by atoms with van der Waals surface area (Å²) in [6, 6.07) is 6.09. The van der Waals surface area contributed by atoms with Gasteiger partial charge in [0.15, 0.2) is 0 Å². The van der Waals surface area contributed by atoms with E-state index >= 15 is 0 Å². The van der Waals surface area contributed by atoms with Crippen LogP contribution in [0.1, 0.15) is 53.1 Å². The summed E-state index contributed by atoms with van der Waals surface area (Å²) in [7, 11) is 1.67. The minimum absolute atomic E-state index is 0.0306. The molecule has 0 fully saturated rings. The number of nitrogens with zero attached hydrogens (tertiary/aromatic N) is 2. The number of carbonyl (C=O) groups is 1. The molecule has 1 heterocycles. The Bertz CT molecular complexity index is 698. The molecule has 1 amide bonds. The first-order valence-corrected chi connectivity index (χ1v) is 8.00. The molecule has 5 nitrogen and oxygen atoms in total. The number of aryl methyl sites for hydroxylation is 2. The summed E-state index contributed by atoms with van der Waals surface area (Å²) in [6.45, 7) is 1.99. The maximum absolute atomic E-state index is 12.4. The molecule has 2 aromatic rings. The lowest BCUT2D eigenvalue weighted by molar-refractivity contribution is 0.0932. The molecular formula is C18H21N3O2. The van der Waals surface area contributed by atoms with Crippen LogP contribution < -0.4 is 10.1 Å². The molecule has 1 aromatic carbocycles. The SMILES string of the molecule is CCc1ncc(C(=O)NC2CCCc3cc(OC)ccc32)cn1. The molecule has 0 radical (unpaired) electrons. The standard InChI is InChI=1S/C18H21N3O2/c1-3-17-19-10-13(11-20-17)18(22)21-16-6-4-5-12-9-14(23-2)7-8-15(12)16/h7-11,16H,3-6H2,1-2H3,(H,21,22). The van der Waals surface area contributed by atoms with E-state index in [1.54, 1.807) is 19.5 Å². The van der Waals surface area contributed by atoms with Crippen LogP contribution in [0.3, 0.4) is 0 Å². The van der Waals surface area contributed by atoms with Crippen molar-refractivity contribution in [3.05, 3.63) is 53.1 Å². The number of fused-ring (bicyclic) bond motifs is 1. The lowest BCUT2D eigenvalue weighted by Crippen LogP contribution is -2.31. The number of hydrogen-bond donors (Lipinski definition) is 1. The van der Waals surface area contributed by atoms with Crippen LogP contribution in [0.5, 0.6) is 5.75 Å². The van der Waals surface area contributed by atoms with E-state index in [4.69, 9.17) is 4.74 Å². The van der Waals surface area contributed by atoms with Crippen LogP contribution in [0, 0.1) is 0 Å². The van der Waals surface area contributed by atoms with Gasteiger partial charge >= 0.3 is 0 Å². The number of nitrogens with one attached hydrogen (secondary N) is 1. The average Bonchev–Trinajstić information content (AvgIpc) is 2.61. The minimum atomic E-state index is -0.124. The van der Waals surface area contributed by atoms with E-state index < -0.39 is 0 Å². The molecule has 0 spiro atoms. The Morgan fingerprint density at radius 2 is 2.13 bits per heavy atom. The molecule has 1 aromatic heterocycles. The predicted molar refractivity (Wildman–Crippen MR) is 87.5 cm³/mol. The summed E-state index contributed by atoms with van der Waals surface area (Å²) < 4.78 is 5.28. The molecule has 1 unspecified atom stereocenters. The molecule has 120 valence electrons. The van der Waals surface area contributed by atoms with Gasteiger partial charge in [0, 0.05) is 18.8 Å². The molecule has 0 saturated carbocycles. The number of carbonyl (C=O) groups excluding carboxylic acids is 1. The van der Waals surface area contributed by atoms with Gasteiger partial charge in [-0.2, -0.15) is 0 Å². The summed E-state index contributed by atoms with van der Waals surface area (Å²) in [5, 5.41) is 3.11. The topological polar surface area (TPSA) is 64.1 Å². The minimum Gasteiger partial charge on any atom is -0.497 e. The van der Waals surface area contributed by atoms with Crippen LogP contribution in [0.25, 0.3) is 0 Å². The molecule has 1 atom stereocenters. The van der Waals surface area contributed by atoms with Crippen molar-refractivity contribution in [3.63, 3.8) is 0 Å². The van der Waals surface area contributed by atoms with Gasteiger partial charge in [0.2, 0.25) is 0 Å². The number of rotatable bonds is 4. The summed E-state index contributed by atoms with van der Waals surface area (Å²) >= 11 is 0. The fraction of sp³-hybridized carbons (Fsp3) is 0.389. The Hall–Kier alpha value is -2.43. The normalized spacial score (nSPS) is 16.5. The average molecular weight is 311 g/mol. The first-order valence-electron chi connectivity index (χ1n) is 8.00. The summed E-state index contributed by atoms with van der Waals surface area (Å²) in [5.74, 6) is 1.48. The zero-order chi connectivity index (χ0) is 16.2. The zero-order valence-electron chi connectivity index (χ0n) is 13.5. The highest BCUT2D eigenvalue weighted by molar-refractivity contribution is 5.93. The Morgan fingerprint density at radius 1 is 1.35 bits per heavy atom. The van der Waals surface area contributed by atoms with Crippen molar-refractivity contribution in [1.29, 1.82) is 0 Å². The second-order valence-electron chi connectivity index (χ2n) is 5.72. The van der Waals surface area contributed by atoms with E-state index in [0.29, 0.717) is 5.56 Å².